The predicted octanol–water partition coefficient (Wildman–Crippen LogP) is 3.60. The largest absolute Gasteiger partial charge is 0.351 e. The van der Waals surface area contributed by atoms with Crippen LogP contribution in [0.25, 0.3) is 0 Å². The van der Waals surface area contributed by atoms with Crippen LogP contribution in [-0.2, 0) is 0 Å². The molecule has 0 fully saturated rings. The van der Waals surface area contributed by atoms with Gasteiger partial charge in [0.05, 0.1) is 0 Å². The van der Waals surface area contributed by atoms with Gasteiger partial charge in [-0.25, -0.2) is 0 Å². The fourth-order valence-electron chi connectivity index (χ4n) is 1.14. The van der Waals surface area contributed by atoms with Crippen LogP contribution < -0.4 is 4.90 Å². The van der Waals surface area contributed by atoms with Crippen molar-refractivity contribution in [1.29, 1.82) is 0 Å². The molecule has 0 aliphatic rings. The second-order valence-electron chi connectivity index (χ2n) is 3.54. The fourth-order valence-corrected chi connectivity index (χ4v) is 1.14. The number of nitrogens with zero attached hydrogens (tertiary/aromatic N) is 1. The first-order valence-corrected chi connectivity index (χ1v) is 4.73. The van der Waals surface area contributed by atoms with Gasteiger partial charge in [0, 0.05) is 18.9 Å². The standard InChI is InChI=1S/C13H17N/c1-11(2)12(3)10-14(4)13-8-6-5-7-9-13/h5-10H,1H2,2-4H3/b12-10+. The van der Waals surface area contributed by atoms with Gasteiger partial charge in [-0.15, -0.1) is 0 Å². The maximum absolute atomic E-state index is 3.91. The fraction of sp³-hybridized carbons (Fsp3) is 0.231. The lowest BCUT2D eigenvalue weighted by Crippen LogP contribution is -2.08. The number of hydrogen-bond acceptors (Lipinski definition) is 1. The summed E-state index contributed by atoms with van der Waals surface area (Å²) in [5, 5.41) is 0. The van der Waals surface area contributed by atoms with Crippen LogP contribution in [0.3, 0.4) is 0 Å². The van der Waals surface area contributed by atoms with Crippen molar-refractivity contribution >= 4 is 5.69 Å². The SMILES string of the molecule is C=C(C)/C(C)=C/N(C)c1ccccc1. The van der Waals surface area contributed by atoms with E-state index >= 15 is 0 Å². The minimum Gasteiger partial charge on any atom is -0.351 e. The molecule has 1 heteroatoms. The Bertz CT molecular complexity index is 336. The number of allylic oxidation sites excluding steroid dienone is 2. The lowest BCUT2D eigenvalue weighted by molar-refractivity contribution is 1.16. The Hall–Kier alpha value is -1.50. The van der Waals surface area contributed by atoms with E-state index in [0.29, 0.717) is 0 Å². The van der Waals surface area contributed by atoms with Crippen LogP contribution >= 0.6 is 0 Å². The number of benzene rings is 1. The normalized spacial score (nSPS) is 11.2. The Morgan fingerprint density at radius 2 is 1.79 bits per heavy atom. The smallest absolute Gasteiger partial charge is 0.0403 e. The predicted molar refractivity (Wildman–Crippen MR) is 63.4 cm³/mol. The van der Waals surface area contributed by atoms with E-state index in [-0.39, 0.29) is 0 Å². The summed E-state index contributed by atoms with van der Waals surface area (Å²) < 4.78 is 0. The maximum Gasteiger partial charge on any atom is 0.0403 e. The average molecular weight is 187 g/mol. The third-order valence-corrected chi connectivity index (χ3v) is 2.22. The third-order valence-electron chi connectivity index (χ3n) is 2.22. The summed E-state index contributed by atoms with van der Waals surface area (Å²) >= 11 is 0. The lowest BCUT2D eigenvalue weighted by atomic mass is 10.2. The second kappa shape index (κ2) is 4.66. The van der Waals surface area contributed by atoms with Crippen molar-refractivity contribution in [3.8, 4) is 0 Å². The number of hydrogen-bond donors (Lipinski definition) is 0. The molecule has 0 N–H and O–H groups in total. The molecule has 1 nitrogen and oxygen atoms in total. The number of rotatable bonds is 3. The van der Waals surface area contributed by atoms with Crippen molar-refractivity contribution in [1.82, 2.24) is 0 Å². The Kier molecular flexibility index (Phi) is 3.52. The van der Waals surface area contributed by atoms with Gasteiger partial charge in [-0.3, -0.25) is 0 Å². The summed E-state index contributed by atoms with van der Waals surface area (Å²) in [4.78, 5) is 2.10. The molecule has 0 saturated heterocycles. The molecule has 14 heavy (non-hydrogen) atoms. The van der Waals surface area contributed by atoms with Gasteiger partial charge in [-0.05, 0) is 31.6 Å². The molecule has 1 rings (SSSR count). The van der Waals surface area contributed by atoms with E-state index in [2.05, 4.69) is 36.7 Å². The van der Waals surface area contributed by atoms with Crippen molar-refractivity contribution in [3.63, 3.8) is 0 Å². The van der Waals surface area contributed by atoms with Crippen LogP contribution in [0.4, 0.5) is 5.69 Å². The molecular formula is C13H17N. The van der Waals surface area contributed by atoms with Crippen LogP contribution in [0.5, 0.6) is 0 Å². The molecular weight excluding hydrogens is 170 g/mol. The van der Waals surface area contributed by atoms with Gasteiger partial charge in [-0.2, -0.15) is 0 Å². The lowest BCUT2D eigenvalue weighted by Gasteiger charge is -2.15. The molecule has 0 aromatic heterocycles. The van der Waals surface area contributed by atoms with Crippen LogP contribution in [0, 0.1) is 0 Å². The van der Waals surface area contributed by atoms with Crippen LogP contribution in [0.15, 0.2) is 54.3 Å². The maximum atomic E-state index is 3.91. The van der Waals surface area contributed by atoms with Crippen molar-refractivity contribution in [2.24, 2.45) is 0 Å². The Balaban J connectivity index is 2.82. The highest BCUT2D eigenvalue weighted by molar-refractivity contribution is 5.49. The molecule has 0 aliphatic heterocycles. The molecule has 0 spiro atoms. The van der Waals surface area contributed by atoms with Crippen molar-refractivity contribution in [2.45, 2.75) is 13.8 Å². The van der Waals surface area contributed by atoms with Gasteiger partial charge in [0.2, 0.25) is 0 Å². The summed E-state index contributed by atoms with van der Waals surface area (Å²) in [5.41, 5.74) is 3.50. The number of anilines is 1. The van der Waals surface area contributed by atoms with Crippen LogP contribution in [0.2, 0.25) is 0 Å². The molecule has 0 heterocycles. The quantitative estimate of drug-likeness (QED) is 0.653. The molecule has 74 valence electrons. The minimum absolute atomic E-state index is 1.10. The van der Waals surface area contributed by atoms with Crippen molar-refractivity contribution in [2.75, 3.05) is 11.9 Å². The average Bonchev–Trinajstić information content (AvgIpc) is 2.19. The zero-order chi connectivity index (χ0) is 10.6. The zero-order valence-corrected chi connectivity index (χ0v) is 9.12. The molecule has 1 aromatic rings. The van der Waals surface area contributed by atoms with Gasteiger partial charge in [-0.1, -0.05) is 30.4 Å². The van der Waals surface area contributed by atoms with Crippen LogP contribution in [-0.4, -0.2) is 7.05 Å². The first-order chi connectivity index (χ1) is 6.61. The molecule has 0 aliphatic carbocycles. The molecule has 0 bridgehead atoms. The van der Waals surface area contributed by atoms with E-state index in [0.717, 1.165) is 5.57 Å². The Labute approximate surface area is 86.4 Å². The molecule has 0 atom stereocenters. The highest BCUT2D eigenvalue weighted by atomic mass is 15.1. The Morgan fingerprint density at radius 1 is 1.21 bits per heavy atom. The van der Waals surface area contributed by atoms with Gasteiger partial charge < -0.3 is 4.90 Å². The van der Waals surface area contributed by atoms with E-state index in [9.17, 15) is 0 Å². The molecule has 0 saturated carbocycles. The number of para-hydroxylation sites is 1. The van der Waals surface area contributed by atoms with E-state index in [4.69, 9.17) is 0 Å². The van der Waals surface area contributed by atoms with Crippen LogP contribution in [0.1, 0.15) is 13.8 Å². The van der Waals surface area contributed by atoms with Gasteiger partial charge >= 0.3 is 0 Å². The van der Waals surface area contributed by atoms with E-state index in [1.54, 1.807) is 0 Å². The highest BCUT2D eigenvalue weighted by Gasteiger charge is 1.96. The van der Waals surface area contributed by atoms with Crippen molar-refractivity contribution in [3.05, 3.63) is 54.3 Å². The van der Waals surface area contributed by atoms with E-state index in [1.165, 1.54) is 11.3 Å². The summed E-state index contributed by atoms with van der Waals surface area (Å²) in [6, 6.07) is 10.3. The summed E-state index contributed by atoms with van der Waals surface area (Å²) in [6.45, 7) is 8.00. The highest BCUT2D eigenvalue weighted by Crippen LogP contribution is 2.14. The topological polar surface area (TPSA) is 3.24 Å². The minimum atomic E-state index is 1.10. The van der Waals surface area contributed by atoms with Gasteiger partial charge in [0.1, 0.15) is 0 Å². The molecule has 0 amide bonds. The molecule has 0 radical (unpaired) electrons. The molecule has 1 aromatic carbocycles. The van der Waals surface area contributed by atoms with Gasteiger partial charge in [0.15, 0.2) is 0 Å². The van der Waals surface area contributed by atoms with Gasteiger partial charge in [0.25, 0.3) is 0 Å². The third kappa shape index (κ3) is 2.77. The van der Waals surface area contributed by atoms with E-state index < -0.39 is 0 Å². The monoisotopic (exact) mass is 187 g/mol. The Morgan fingerprint density at radius 3 is 2.29 bits per heavy atom. The second-order valence-corrected chi connectivity index (χ2v) is 3.54. The summed E-state index contributed by atoms with van der Waals surface area (Å²) in [7, 11) is 2.04. The zero-order valence-electron chi connectivity index (χ0n) is 9.12. The summed E-state index contributed by atoms with van der Waals surface area (Å²) in [5.74, 6) is 0. The summed E-state index contributed by atoms with van der Waals surface area (Å²) in [6.07, 6.45) is 2.09. The van der Waals surface area contributed by atoms with Crippen molar-refractivity contribution < 1.29 is 0 Å². The van der Waals surface area contributed by atoms with E-state index in [1.807, 2.05) is 32.2 Å². The first-order valence-electron chi connectivity index (χ1n) is 4.73. The first kappa shape index (κ1) is 10.6. The molecule has 0 unspecified atom stereocenters.